The van der Waals surface area contributed by atoms with Gasteiger partial charge >= 0.3 is 0 Å². The van der Waals surface area contributed by atoms with Gasteiger partial charge in [0.2, 0.25) is 15.9 Å². The molecule has 2 fully saturated rings. The van der Waals surface area contributed by atoms with Crippen LogP contribution in [0.1, 0.15) is 23.2 Å². The molecule has 3 rings (SSSR count). The van der Waals surface area contributed by atoms with Crippen LogP contribution in [0.5, 0.6) is 0 Å². The summed E-state index contributed by atoms with van der Waals surface area (Å²) in [6.07, 6.45) is 2.50. The highest BCUT2D eigenvalue weighted by Gasteiger charge is 2.30. The lowest BCUT2D eigenvalue weighted by molar-refractivity contribution is -0.120. The van der Waals surface area contributed by atoms with Crippen LogP contribution in [-0.4, -0.2) is 86.9 Å². The molecule has 2 aliphatic rings. The third-order valence-corrected chi connectivity index (χ3v) is 6.68. The van der Waals surface area contributed by atoms with E-state index in [0.29, 0.717) is 43.7 Å². The van der Waals surface area contributed by atoms with Crippen LogP contribution in [0, 0.1) is 5.92 Å². The molecule has 154 valence electrons. The number of nitrogens with one attached hydrogen (secondary N) is 1. The number of amides is 2. The van der Waals surface area contributed by atoms with Crippen molar-refractivity contribution in [1.29, 1.82) is 0 Å². The van der Waals surface area contributed by atoms with Crippen LogP contribution in [0.3, 0.4) is 0 Å². The van der Waals surface area contributed by atoms with Crippen molar-refractivity contribution in [2.24, 2.45) is 5.92 Å². The standard InChI is InChI=1S/C19H28N4O4S/c1-21-10-12-22(13-11-21)19(25)15-5-7-17(8-6-15)20-18(24)16-4-3-9-23(14-16)28(2,26)27/h5-8,16H,3-4,9-14H2,1-2H3,(H,20,24)/t16-/m0/s1. The molecule has 9 heteroatoms. The molecular formula is C19H28N4O4S. The van der Waals surface area contributed by atoms with E-state index in [0.717, 1.165) is 13.1 Å². The Morgan fingerprint density at radius 1 is 1.04 bits per heavy atom. The van der Waals surface area contributed by atoms with Crippen molar-refractivity contribution in [2.75, 3.05) is 57.9 Å². The Balaban J connectivity index is 1.58. The van der Waals surface area contributed by atoms with Crippen LogP contribution >= 0.6 is 0 Å². The summed E-state index contributed by atoms with van der Waals surface area (Å²) >= 11 is 0. The van der Waals surface area contributed by atoms with Gasteiger partial charge in [-0.2, -0.15) is 0 Å². The molecule has 0 unspecified atom stereocenters. The van der Waals surface area contributed by atoms with Crippen molar-refractivity contribution in [3.8, 4) is 0 Å². The highest BCUT2D eigenvalue weighted by atomic mass is 32.2. The van der Waals surface area contributed by atoms with Crippen LogP contribution in [-0.2, 0) is 14.8 Å². The van der Waals surface area contributed by atoms with Gasteiger partial charge in [0, 0.05) is 50.5 Å². The van der Waals surface area contributed by atoms with Crippen molar-refractivity contribution >= 4 is 27.5 Å². The van der Waals surface area contributed by atoms with Gasteiger partial charge in [0.15, 0.2) is 0 Å². The van der Waals surface area contributed by atoms with Gasteiger partial charge in [-0.15, -0.1) is 0 Å². The maximum atomic E-state index is 12.6. The van der Waals surface area contributed by atoms with E-state index in [9.17, 15) is 18.0 Å². The van der Waals surface area contributed by atoms with Crippen molar-refractivity contribution in [3.63, 3.8) is 0 Å². The summed E-state index contributed by atoms with van der Waals surface area (Å²) in [5.41, 5.74) is 1.21. The first-order valence-corrected chi connectivity index (χ1v) is 11.4. The topological polar surface area (TPSA) is 90.0 Å². The molecule has 2 amide bonds. The number of benzene rings is 1. The third kappa shape index (κ3) is 5.09. The largest absolute Gasteiger partial charge is 0.336 e. The van der Waals surface area contributed by atoms with Crippen molar-refractivity contribution in [3.05, 3.63) is 29.8 Å². The fraction of sp³-hybridized carbons (Fsp3) is 0.579. The summed E-state index contributed by atoms with van der Waals surface area (Å²) < 4.78 is 24.8. The van der Waals surface area contributed by atoms with E-state index in [1.54, 1.807) is 24.3 Å². The van der Waals surface area contributed by atoms with Crippen LogP contribution in [0.25, 0.3) is 0 Å². The summed E-state index contributed by atoms with van der Waals surface area (Å²) in [6.45, 7) is 3.84. The number of anilines is 1. The highest BCUT2D eigenvalue weighted by Crippen LogP contribution is 2.21. The summed E-state index contributed by atoms with van der Waals surface area (Å²) in [7, 11) is -1.24. The zero-order valence-electron chi connectivity index (χ0n) is 16.4. The van der Waals surface area contributed by atoms with E-state index in [1.165, 1.54) is 10.6 Å². The van der Waals surface area contributed by atoms with Crippen molar-refractivity contribution < 1.29 is 18.0 Å². The predicted molar refractivity (Wildman–Crippen MR) is 108 cm³/mol. The molecule has 8 nitrogen and oxygen atoms in total. The van der Waals surface area contributed by atoms with Crippen LogP contribution in [0.15, 0.2) is 24.3 Å². The average molecular weight is 409 g/mol. The lowest BCUT2D eigenvalue weighted by Crippen LogP contribution is -2.47. The van der Waals surface area contributed by atoms with E-state index < -0.39 is 10.0 Å². The average Bonchev–Trinajstić information content (AvgIpc) is 2.68. The number of hydrogen-bond donors (Lipinski definition) is 1. The number of carbonyl (C=O) groups excluding carboxylic acids is 2. The van der Waals surface area contributed by atoms with Gasteiger partial charge in [-0.25, -0.2) is 12.7 Å². The second kappa shape index (κ2) is 8.59. The summed E-state index contributed by atoms with van der Waals surface area (Å²) in [6, 6.07) is 6.89. The van der Waals surface area contributed by atoms with Crippen molar-refractivity contribution in [2.45, 2.75) is 12.8 Å². The van der Waals surface area contributed by atoms with Crippen molar-refractivity contribution in [1.82, 2.24) is 14.1 Å². The van der Waals surface area contributed by atoms with Gasteiger partial charge < -0.3 is 15.1 Å². The number of nitrogens with zero attached hydrogens (tertiary/aromatic N) is 3. The molecule has 28 heavy (non-hydrogen) atoms. The van der Waals surface area contributed by atoms with Crippen LogP contribution in [0.2, 0.25) is 0 Å². The summed E-state index contributed by atoms with van der Waals surface area (Å²) in [5.74, 6) is -0.552. The van der Waals surface area contributed by atoms with Crippen LogP contribution in [0.4, 0.5) is 5.69 Å². The maximum Gasteiger partial charge on any atom is 0.253 e. The van der Waals surface area contributed by atoms with E-state index in [-0.39, 0.29) is 24.3 Å². The van der Waals surface area contributed by atoms with E-state index >= 15 is 0 Å². The zero-order valence-corrected chi connectivity index (χ0v) is 17.2. The molecule has 1 aromatic carbocycles. The number of carbonyl (C=O) groups is 2. The number of piperidine rings is 1. The Labute approximate surface area is 166 Å². The minimum Gasteiger partial charge on any atom is -0.336 e. The van der Waals surface area contributed by atoms with Crippen LogP contribution < -0.4 is 5.32 Å². The maximum absolute atomic E-state index is 12.6. The zero-order chi connectivity index (χ0) is 20.3. The molecule has 2 heterocycles. The predicted octanol–water partition coefficient (Wildman–Crippen LogP) is 0.684. The molecule has 2 aliphatic heterocycles. The van der Waals surface area contributed by atoms with Gasteiger partial charge in [-0.3, -0.25) is 9.59 Å². The Morgan fingerprint density at radius 3 is 2.29 bits per heavy atom. The molecule has 0 saturated carbocycles. The van der Waals surface area contributed by atoms with E-state index in [4.69, 9.17) is 0 Å². The smallest absolute Gasteiger partial charge is 0.253 e. The molecule has 1 aromatic rings. The Kier molecular flexibility index (Phi) is 6.36. The lowest BCUT2D eigenvalue weighted by Gasteiger charge is -2.32. The van der Waals surface area contributed by atoms with Gasteiger partial charge in [-0.05, 0) is 44.2 Å². The Morgan fingerprint density at radius 2 is 1.68 bits per heavy atom. The molecule has 0 spiro atoms. The van der Waals surface area contributed by atoms with Gasteiger partial charge in [0.05, 0.1) is 12.2 Å². The van der Waals surface area contributed by atoms with Gasteiger partial charge in [0.1, 0.15) is 0 Å². The molecule has 1 atom stereocenters. The third-order valence-electron chi connectivity index (χ3n) is 5.41. The number of rotatable bonds is 4. The number of likely N-dealkylation sites (N-methyl/N-ethyl adjacent to an activating group) is 1. The summed E-state index contributed by atoms with van der Waals surface area (Å²) in [4.78, 5) is 29.1. The number of piperazine rings is 1. The highest BCUT2D eigenvalue weighted by molar-refractivity contribution is 7.88. The van der Waals surface area contributed by atoms with E-state index in [1.807, 2.05) is 11.9 Å². The number of hydrogen-bond acceptors (Lipinski definition) is 5. The van der Waals surface area contributed by atoms with Gasteiger partial charge in [-0.1, -0.05) is 0 Å². The fourth-order valence-electron chi connectivity index (χ4n) is 3.59. The van der Waals surface area contributed by atoms with Gasteiger partial charge in [0.25, 0.3) is 5.91 Å². The lowest BCUT2D eigenvalue weighted by atomic mass is 9.98. The number of sulfonamides is 1. The summed E-state index contributed by atoms with van der Waals surface area (Å²) in [5, 5.41) is 2.84. The molecule has 0 aromatic heterocycles. The Bertz CT molecular complexity index is 817. The first kappa shape index (κ1) is 20.8. The quantitative estimate of drug-likeness (QED) is 0.792. The molecule has 2 saturated heterocycles. The fourth-order valence-corrected chi connectivity index (χ4v) is 4.50. The second-order valence-electron chi connectivity index (χ2n) is 7.62. The monoisotopic (exact) mass is 408 g/mol. The van der Waals surface area contributed by atoms with E-state index in [2.05, 4.69) is 10.2 Å². The molecular weight excluding hydrogens is 380 g/mol. The minimum atomic E-state index is -3.29. The molecule has 0 bridgehead atoms. The first-order valence-electron chi connectivity index (χ1n) is 9.58. The first-order chi connectivity index (χ1) is 13.2. The molecule has 0 aliphatic carbocycles. The normalized spacial score (nSPS) is 22.1. The molecule has 0 radical (unpaired) electrons. The Hall–Kier alpha value is -1.97. The minimum absolute atomic E-state index is 0.00190. The SMILES string of the molecule is CN1CCN(C(=O)c2ccc(NC(=O)[C@H]3CCCN(S(C)(=O)=O)C3)cc2)CC1. The second-order valence-corrected chi connectivity index (χ2v) is 9.60. The molecule has 1 N–H and O–H groups in total.